The topological polar surface area (TPSA) is 58.6 Å². The fraction of sp³-hybridized carbons (Fsp3) is 0.571. The number of aliphatic carboxylic acids is 1. The Morgan fingerprint density at radius 2 is 2.00 bits per heavy atom. The predicted molar refractivity (Wildman–Crippen MR) is 41.5 cm³/mol. The lowest BCUT2D eigenvalue weighted by Gasteiger charge is -2.10. The molecule has 1 fully saturated rings. The van der Waals surface area contributed by atoms with Crippen LogP contribution in [0.3, 0.4) is 0 Å². The Kier molecular flexibility index (Phi) is 6.67. The summed E-state index contributed by atoms with van der Waals surface area (Å²) < 4.78 is 5.01. The van der Waals surface area contributed by atoms with Crippen molar-refractivity contribution in [2.24, 2.45) is 0 Å². The molecule has 64 valence electrons. The summed E-state index contributed by atoms with van der Waals surface area (Å²) in [6, 6.07) is 0. The Morgan fingerprint density at radius 3 is 2.09 bits per heavy atom. The third-order valence-corrected chi connectivity index (χ3v) is 1.02. The first-order chi connectivity index (χ1) is 5.27. The Balaban J connectivity index is 0.000000187. The number of hydrogen-bond acceptors (Lipinski definition) is 3. The number of carboxylic acids is 1. The van der Waals surface area contributed by atoms with Crippen LogP contribution in [0.25, 0.3) is 0 Å². The van der Waals surface area contributed by atoms with Crippen LogP contribution in [0, 0.1) is 0 Å². The molecule has 0 amide bonds. The van der Waals surface area contributed by atoms with Gasteiger partial charge in [-0.1, -0.05) is 6.58 Å². The Labute approximate surface area is 65.9 Å². The second-order valence-electron chi connectivity index (χ2n) is 1.90. The van der Waals surface area contributed by atoms with Crippen LogP contribution in [-0.4, -0.2) is 37.4 Å². The molecule has 1 rings (SSSR count). The van der Waals surface area contributed by atoms with Crippen LogP contribution in [0.5, 0.6) is 0 Å². The van der Waals surface area contributed by atoms with Gasteiger partial charge < -0.3 is 15.2 Å². The van der Waals surface area contributed by atoms with Crippen molar-refractivity contribution < 1.29 is 14.6 Å². The SMILES string of the molecule is C1COCCN1.C=CC(=O)O. The average molecular weight is 159 g/mol. The van der Waals surface area contributed by atoms with E-state index in [4.69, 9.17) is 9.84 Å². The first-order valence-corrected chi connectivity index (χ1v) is 3.41. The molecule has 11 heavy (non-hydrogen) atoms. The van der Waals surface area contributed by atoms with Crippen molar-refractivity contribution in [1.29, 1.82) is 0 Å². The van der Waals surface area contributed by atoms with Gasteiger partial charge >= 0.3 is 5.97 Å². The molecule has 4 heteroatoms. The third kappa shape index (κ3) is 9.13. The quantitative estimate of drug-likeness (QED) is 0.523. The summed E-state index contributed by atoms with van der Waals surface area (Å²) in [6.45, 7) is 6.79. The van der Waals surface area contributed by atoms with Gasteiger partial charge in [0.25, 0.3) is 0 Å². The van der Waals surface area contributed by atoms with Gasteiger partial charge in [0.05, 0.1) is 13.2 Å². The van der Waals surface area contributed by atoms with Crippen molar-refractivity contribution in [3.8, 4) is 0 Å². The number of rotatable bonds is 1. The lowest BCUT2D eigenvalue weighted by atomic mass is 10.5. The van der Waals surface area contributed by atoms with Crippen molar-refractivity contribution >= 4 is 5.97 Å². The zero-order valence-electron chi connectivity index (χ0n) is 6.38. The van der Waals surface area contributed by atoms with E-state index in [0.29, 0.717) is 0 Å². The first kappa shape index (κ1) is 10.1. The highest BCUT2D eigenvalue weighted by Gasteiger charge is 1.92. The van der Waals surface area contributed by atoms with Crippen molar-refractivity contribution in [2.75, 3.05) is 26.3 Å². The number of carbonyl (C=O) groups is 1. The average Bonchev–Trinajstić information content (AvgIpc) is 2.09. The summed E-state index contributed by atoms with van der Waals surface area (Å²) in [5, 5.41) is 10.8. The minimum absolute atomic E-state index is 0.833. The highest BCUT2D eigenvalue weighted by atomic mass is 16.5. The molecular weight excluding hydrogens is 146 g/mol. The predicted octanol–water partition coefficient (Wildman–Crippen LogP) is -0.137. The minimum Gasteiger partial charge on any atom is -0.478 e. The number of hydrogen-bond donors (Lipinski definition) is 2. The molecule has 4 nitrogen and oxygen atoms in total. The van der Waals surface area contributed by atoms with E-state index in [0.717, 1.165) is 32.4 Å². The molecule has 1 aliphatic heterocycles. The van der Waals surface area contributed by atoms with Gasteiger partial charge in [-0.2, -0.15) is 0 Å². The standard InChI is InChI=1S/C4H9NO.C3H4O2/c1-3-6-4-2-5-1;1-2-3(4)5/h5H,1-4H2;2H,1H2,(H,4,5). The van der Waals surface area contributed by atoms with Gasteiger partial charge in [-0.25, -0.2) is 4.79 Å². The maximum absolute atomic E-state index is 9.25. The summed E-state index contributed by atoms with van der Waals surface area (Å²) >= 11 is 0. The van der Waals surface area contributed by atoms with E-state index in [2.05, 4.69) is 11.9 Å². The van der Waals surface area contributed by atoms with E-state index in [9.17, 15) is 4.79 Å². The van der Waals surface area contributed by atoms with Gasteiger partial charge in [0.15, 0.2) is 0 Å². The van der Waals surface area contributed by atoms with Gasteiger partial charge in [0.2, 0.25) is 0 Å². The van der Waals surface area contributed by atoms with Gasteiger partial charge in [-0.05, 0) is 0 Å². The molecule has 1 saturated heterocycles. The molecule has 0 unspecified atom stereocenters. The molecule has 0 radical (unpaired) electrons. The zero-order chi connectivity index (χ0) is 8.53. The van der Waals surface area contributed by atoms with E-state index in [1.807, 2.05) is 0 Å². The highest BCUT2D eigenvalue weighted by molar-refractivity contribution is 5.78. The van der Waals surface area contributed by atoms with Crippen LogP contribution < -0.4 is 5.32 Å². The van der Waals surface area contributed by atoms with E-state index in [1.54, 1.807) is 0 Å². The third-order valence-electron chi connectivity index (χ3n) is 1.02. The largest absolute Gasteiger partial charge is 0.478 e. The monoisotopic (exact) mass is 159 g/mol. The summed E-state index contributed by atoms with van der Waals surface area (Å²) in [5.74, 6) is -0.981. The zero-order valence-corrected chi connectivity index (χ0v) is 6.38. The second kappa shape index (κ2) is 7.24. The Hall–Kier alpha value is -0.870. The maximum Gasteiger partial charge on any atom is 0.327 e. The molecule has 0 bridgehead atoms. The van der Waals surface area contributed by atoms with Gasteiger partial charge in [0, 0.05) is 19.2 Å². The number of morpholine rings is 1. The Morgan fingerprint density at radius 1 is 1.55 bits per heavy atom. The molecular formula is C7H13NO3. The lowest BCUT2D eigenvalue weighted by Crippen LogP contribution is -2.30. The molecule has 0 aromatic carbocycles. The van der Waals surface area contributed by atoms with Crippen LogP contribution in [-0.2, 0) is 9.53 Å². The van der Waals surface area contributed by atoms with Crippen molar-refractivity contribution in [3.05, 3.63) is 12.7 Å². The van der Waals surface area contributed by atoms with Gasteiger partial charge in [0.1, 0.15) is 0 Å². The summed E-state index contributed by atoms with van der Waals surface area (Å²) in [7, 11) is 0. The fourth-order valence-corrected chi connectivity index (χ4v) is 0.516. The van der Waals surface area contributed by atoms with Crippen LogP contribution in [0.2, 0.25) is 0 Å². The molecule has 0 aromatic rings. The Bertz CT molecular complexity index is 109. The van der Waals surface area contributed by atoms with Gasteiger partial charge in [-0.15, -0.1) is 0 Å². The maximum atomic E-state index is 9.25. The lowest BCUT2D eigenvalue weighted by molar-refractivity contribution is -0.131. The molecule has 1 heterocycles. The van der Waals surface area contributed by atoms with E-state index in [-0.39, 0.29) is 0 Å². The number of nitrogens with one attached hydrogen (secondary N) is 1. The fourth-order valence-electron chi connectivity index (χ4n) is 0.516. The molecule has 2 N–H and O–H groups in total. The second-order valence-corrected chi connectivity index (χ2v) is 1.90. The molecule has 0 saturated carbocycles. The van der Waals surface area contributed by atoms with Gasteiger partial charge in [-0.3, -0.25) is 0 Å². The molecule has 0 aromatic heterocycles. The highest BCUT2D eigenvalue weighted by Crippen LogP contribution is 1.76. The van der Waals surface area contributed by atoms with E-state index in [1.165, 1.54) is 0 Å². The number of ether oxygens (including phenoxy) is 1. The molecule has 0 atom stereocenters. The van der Waals surface area contributed by atoms with Crippen LogP contribution >= 0.6 is 0 Å². The van der Waals surface area contributed by atoms with Crippen molar-refractivity contribution in [1.82, 2.24) is 5.32 Å². The summed E-state index contributed by atoms with van der Waals surface area (Å²) in [6.07, 6.45) is 0.833. The first-order valence-electron chi connectivity index (χ1n) is 3.41. The van der Waals surface area contributed by atoms with E-state index < -0.39 is 5.97 Å². The minimum atomic E-state index is -0.981. The molecule has 0 aliphatic carbocycles. The van der Waals surface area contributed by atoms with Crippen molar-refractivity contribution in [3.63, 3.8) is 0 Å². The normalized spacial score (nSPS) is 16.0. The van der Waals surface area contributed by atoms with Crippen molar-refractivity contribution in [2.45, 2.75) is 0 Å². The van der Waals surface area contributed by atoms with Crippen LogP contribution in [0.15, 0.2) is 12.7 Å². The smallest absolute Gasteiger partial charge is 0.327 e. The van der Waals surface area contributed by atoms with Crippen LogP contribution in [0.1, 0.15) is 0 Å². The van der Waals surface area contributed by atoms with Crippen LogP contribution in [0.4, 0.5) is 0 Å². The molecule has 0 spiro atoms. The molecule has 1 aliphatic rings. The van der Waals surface area contributed by atoms with E-state index >= 15 is 0 Å². The number of carboxylic acid groups (broad SMARTS) is 1. The summed E-state index contributed by atoms with van der Waals surface area (Å²) in [4.78, 5) is 9.25. The summed E-state index contributed by atoms with van der Waals surface area (Å²) in [5.41, 5.74) is 0.